The highest BCUT2D eigenvalue weighted by atomic mass is 32.2. The maximum Gasteiger partial charge on any atom is 0.277 e. The van der Waals surface area contributed by atoms with Gasteiger partial charge in [-0.3, -0.25) is 4.79 Å². The van der Waals surface area contributed by atoms with E-state index in [0.29, 0.717) is 22.6 Å². The molecule has 8 nitrogen and oxygen atoms in total. The van der Waals surface area contributed by atoms with Crippen LogP contribution >= 0.6 is 11.8 Å². The summed E-state index contributed by atoms with van der Waals surface area (Å²) in [5, 5.41) is 11.3. The monoisotopic (exact) mass is 426 g/mol. The van der Waals surface area contributed by atoms with E-state index in [0.717, 1.165) is 30.0 Å². The molecule has 9 heteroatoms. The predicted molar refractivity (Wildman–Crippen MR) is 115 cm³/mol. The van der Waals surface area contributed by atoms with Gasteiger partial charge in [-0.25, -0.2) is 0 Å². The van der Waals surface area contributed by atoms with E-state index in [9.17, 15) is 4.79 Å². The maximum absolute atomic E-state index is 12.3. The van der Waals surface area contributed by atoms with E-state index in [1.807, 2.05) is 30.3 Å². The number of amides is 1. The second-order valence-electron chi connectivity index (χ2n) is 6.50. The number of nitrogens with zero attached hydrogens (tertiary/aromatic N) is 3. The number of fused-ring (bicyclic) bond motifs is 1. The fourth-order valence-corrected chi connectivity index (χ4v) is 3.65. The molecule has 30 heavy (non-hydrogen) atoms. The molecule has 0 unspecified atom stereocenters. The van der Waals surface area contributed by atoms with Crippen LogP contribution in [-0.2, 0) is 4.79 Å². The van der Waals surface area contributed by atoms with Gasteiger partial charge in [0, 0.05) is 30.0 Å². The van der Waals surface area contributed by atoms with Crippen molar-refractivity contribution in [2.75, 3.05) is 35.9 Å². The van der Waals surface area contributed by atoms with Gasteiger partial charge >= 0.3 is 0 Å². The van der Waals surface area contributed by atoms with E-state index in [2.05, 4.69) is 34.3 Å². The van der Waals surface area contributed by atoms with Crippen LogP contribution in [0.2, 0.25) is 0 Å². The van der Waals surface area contributed by atoms with Gasteiger partial charge in [0.25, 0.3) is 5.22 Å². The Balaban J connectivity index is 1.31. The van der Waals surface area contributed by atoms with Crippen molar-refractivity contribution in [3.8, 4) is 23.0 Å². The summed E-state index contributed by atoms with van der Waals surface area (Å²) in [7, 11) is 0. The molecule has 1 aliphatic heterocycles. The minimum absolute atomic E-state index is 0.140. The van der Waals surface area contributed by atoms with Gasteiger partial charge in [-0.15, -0.1) is 10.2 Å². The predicted octanol–water partition coefficient (Wildman–Crippen LogP) is 4.04. The zero-order valence-corrected chi connectivity index (χ0v) is 17.6. The highest BCUT2D eigenvalue weighted by Crippen LogP contribution is 2.36. The fourth-order valence-electron chi connectivity index (χ4n) is 3.08. The smallest absolute Gasteiger partial charge is 0.277 e. The van der Waals surface area contributed by atoms with Gasteiger partial charge in [0.15, 0.2) is 11.5 Å². The van der Waals surface area contributed by atoms with Crippen molar-refractivity contribution in [1.29, 1.82) is 0 Å². The molecular weight excluding hydrogens is 404 g/mol. The lowest BCUT2D eigenvalue weighted by Crippen LogP contribution is -2.21. The highest BCUT2D eigenvalue weighted by Gasteiger charge is 2.17. The summed E-state index contributed by atoms with van der Waals surface area (Å²) in [6, 6.07) is 13.2. The highest BCUT2D eigenvalue weighted by molar-refractivity contribution is 7.99. The summed E-state index contributed by atoms with van der Waals surface area (Å²) in [6.45, 7) is 6.32. The number of carbonyl (C=O) groups is 1. The van der Waals surface area contributed by atoms with Crippen molar-refractivity contribution >= 4 is 29.0 Å². The van der Waals surface area contributed by atoms with E-state index >= 15 is 0 Å². The van der Waals surface area contributed by atoms with Gasteiger partial charge in [0.2, 0.25) is 18.6 Å². The van der Waals surface area contributed by atoms with Crippen LogP contribution in [0.15, 0.2) is 52.1 Å². The second-order valence-corrected chi connectivity index (χ2v) is 7.42. The second kappa shape index (κ2) is 9.08. The Morgan fingerprint density at radius 2 is 1.83 bits per heavy atom. The molecule has 0 aliphatic carbocycles. The fraction of sp³-hybridized carbons (Fsp3) is 0.286. The molecule has 0 spiro atoms. The molecule has 156 valence electrons. The zero-order valence-electron chi connectivity index (χ0n) is 16.8. The van der Waals surface area contributed by atoms with Gasteiger partial charge in [-0.1, -0.05) is 11.8 Å². The Labute approximate surface area is 178 Å². The number of aromatic nitrogens is 2. The molecule has 0 saturated heterocycles. The minimum Gasteiger partial charge on any atom is -0.454 e. The summed E-state index contributed by atoms with van der Waals surface area (Å²) >= 11 is 1.19. The Morgan fingerprint density at radius 3 is 2.60 bits per heavy atom. The van der Waals surface area contributed by atoms with Gasteiger partial charge < -0.3 is 24.1 Å². The minimum atomic E-state index is -0.140. The standard InChI is InChI=1S/C21H22N4O4S/c1-3-25(4-2)16-8-6-15(7-9-16)22-19(26)12-30-21-24-23-20(29-21)14-5-10-17-18(11-14)28-13-27-17/h5-11H,3-4,12-13H2,1-2H3,(H,22,26). The first-order valence-corrected chi connectivity index (χ1v) is 10.7. The first-order chi connectivity index (χ1) is 14.7. The summed E-state index contributed by atoms with van der Waals surface area (Å²) < 4.78 is 16.3. The first kappa shape index (κ1) is 20.1. The van der Waals surface area contributed by atoms with E-state index < -0.39 is 0 Å². The SMILES string of the molecule is CCN(CC)c1ccc(NC(=O)CSc2nnc(-c3ccc4c(c3)OCO4)o2)cc1. The van der Waals surface area contributed by atoms with Crippen molar-refractivity contribution in [3.63, 3.8) is 0 Å². The van der Waals surface area contributed by atoms with Crippen LogP contribution < -0.4 is 19.7 Å². The van der Waals surface area contributed by atoms with Crippen molar-refractivity contribution in [3.05, 3.63) is 42.5 Å². The van der Waals surface area contributed by atoms with Crippen LogP contribution in [0.4, 0.5) is 11.4 Å². The number of anilines is 2. The average molecular weight is 426 g/mol. The number of ether oxygens (including phenoxy) is 2. The van der Waals surface area contributed by atoms with Gasteiger partial charge in [-0.05, 0) is 56.3 Å². The first-order valence-electron chi connectivity index (χ1n) is 9.67. The quantitative estimate of drug-likeness (QED) is 0.540. The molecule has 0 fully saturated rings. The lowest BCUT2D eigenvalue weighted by Gasteiger charge is -2.21. The topological polar surface area (TPSA) is 89.7 Å². The van der Waals surface area contributed by atoms with E-state index in [4.69, 9.17) is 13.9 Å². The molecule has 1 N–H and O–H groups in total. The number of hydrogen-bond acceptors (Lipinski definition) is 8. The maximum atomic E-state index is 12.3. The van der Waals surface area contributed by atoms with Crippen molar-refractivity contribution in [2.45, 2.75) is 19.1 Å². The third kappa shape index (κ3) is 4.51. The normalized spacial score (nSPS) is 12.1. The van der Waals surface area contributed by atoms with Crippen molar-refractivity contribution < 1.29 is 18.7 Å². The number of rotatable bonds is 8. The molecule has 1 aromatic heterocycles. The Morgan fingerprint density at radius 1 is 1.07 bits per heavy atom. The summed E-state index contributed by atoms with van der Waals surface area (Å²) in [6.07, 6.45) is 0. The molecule has 2 heterocycles. The number of carbonyl (C=O) groups excluding carboxylic acids is 1. The molecule has 1 aliphatic rings. The largest absolute Gasteiger partial charge is 0.454 e. The van der Waals surface area contributed by atoms with E-state index in [-0.39, 0.29) is 18.5 Å². The average Bonchev–Trinajstić information content (AvgIpc) is 3.43. The molecule has 0 atom stereocenters. The van der Waals surface area contributed by atoms with Crippen LogP contribution in [0.1, 0.15) is 13.8 Å². The van der Waals surface area contributed by atoms with Gasteiger partial charge in [-0.2, -0.15) is 0 Å². The number of nitrogens with one attached hydrogen (secondary N) is 1. The van der Waals surface area contributed by atoms with Crippen LogP contribution in [0.3, 0.4) is 0 Å². The third-order valence-electron chi connectivity index (χ3n) is 4.63. The molecule has 0 radical (unpaired) electrons. The summed E-state index contributed by atoms with van der Waals surface area (Å²) in [5.41, 5.74) is 2.62. The summed E-state index contributed by atoms with van der Waals surface area (Å²) in [4.78, 5) is 14.5. The lowest BCUT2D eigenvalue weighted by atomic mass is 10.2. The molecule has 1 amide bonds. The molecule has 2 aromatic carbocycles. The Kier molecular flexibility index (Phi) is 6.08. The Hall–Kier alpha value is -3.20. The van der Waals surface area contributed by atoms with Crippen LogP contribution in [0, 0.1) is 0 Å². The van der Waals surface area contributed by atoms with Crippen LogP contribution in [0.25, 0.3) is 11.5 Å². The van der Waals surface area contributed by atoms with Crippen LogP contribution in [-0.4, -0.2) is 41.7 Å². The van der Waals surface area contributed by atoms with Crippen LogP contribution in [0.5, 0.6) is 11.5 Å². The zero-order chi connectivity index (χ0) is 20.9. The van der Waals surface area contributed by atoms with E-state index in [1.165, 1.54) is 11.8 Å². The molecular formula is C21H22N4O4S. The molecule has 4 rings (SSSR count). The molecule has 0 bridgehead atoms. The van der Waals surface area contributed by atoms with Gasteiger partial charge in [0.1, 0.15) is 0 Å². The molecule has 0 saturated carbocycles. The molecule has 3 aromatic rings. The number of hydrogen-bond donors (Lipinski definition) is 1. The summed E-state index contributed by atoms with van der Waals surface area (Å²) in [5.74, 6) is 1.73. The van der Waals surface area contributed by atoms with Crippen molar-refractivity contribution in [2.24, 2.45) is 0 Å². The third-order valence-corrected chi connectivity index (χ3v) is 5.45. The number of thioether (sulfide) groups is 1. The van der Waals surface area contributed by atoms with Gasteiger partial charge in [0.05, 0.1) is 5.75 Å². The Bertz CT molecular complexity index is 1020. The number of benzene rings is 2. The van der Waals surface area contributed by atoms with Crippen molar-refractivity contribution in [1.82, 2.24) is 10.2 Å². The van der Waals surface area contributed by atoms with E-state index in [1.54, 1.807) is 12.1 Å². The lowest BCUT2D eigenvalue weighted by molar-refractivity contribution is -0.113.